The molecule has 0 aromatic carbocycles. The van der Waals surface area contributed by atoms with Crippen molar-refractivity contribution in [3.05, 3.63) is 0 Å². The Morgan fingerprint density at radius 3 is 2.58 bits per heavy atom. The molecule has 0 aliphatic heterocycles. The molecule has 0 radical (unpaired) electrons. The molecule has 0 aromatic heterocycles. The topological polar surface area (TPSA) is 29.5 Å². The third-order valence-corrected chi connectivity index (χ3v) is 4.11. The van der Waals surface area contributed by atoms with Crippen LogP contribution in [0.4, 0.5) is 0 Å². The van der Waals surface area contributed by atoms with Crippen molar-refractivity contribution in [3.63, 3.8) is 0 Å². The van der Waals surface area contributed by atoms with E-state index in [9.17, 15) is 4.79 Å². The third-order valence-electron chi connectivity index (χ3n) is 4.11. The van der Waals surface area contributed by atoms with E-state index < -0.39 is 0 Å². The Balaban J connectivity index is 2.58. The van der Waals surface area contributed by atoms with Crippen LogP contribution in [0.1, 0.15) is 40.5 Å². The zero-order chi connectivity index (χ0) is 14.4. The van der Waals surface area contributed by atoms with Crippen molar-refractivity contribution >= 4 is 5.78 Å². The molecule has 1 aliphatic carbocycles. The summed E-state index contributed by atoms with van der Waals surface area (Å²) in [6.07, 6.45) is 1.96. The van der Waals surface area contributed by atoms with Gasteiger partial charge in [0.1, 0.15) is 5.78 Å². The van der Waals surface area contributed by atoms with Gasteiger partial charge in [0.25, 0.3) is 0 Å². The molecule has 1 saturated carbocycles. The summed E-state index contributed by atoms with van der Waals surface area (Å²) in [4.78, 5) is 14.7. The lowest BCUT2D eigenvalue weighted by molar-refractivity contribution is -0.128. The molecule has 1 rings (SSSR count). The minimum atomic E-state index is 0.229. The van der Waals surface area contributed by atoms with Crippen molar-refractivity contribution < 1.29 is 9.53 Å². The minimum absolute atomic E-state index is 0.229. The molecule has 0 saturated heterocycles. The highest BCUT2D eigenvalue weighted by molar-refractivity contribution is 5.82. The van der Waals surface area contributed by atoms with Crippen molar-refractivity contribution in [1.82, 2.24) is 4.90 Å². The van der Waals surface area contributed by atoms with E-state index >= 15 is 0 Å². The Hall–Kier alpha value is -0.410. The maximum absolute atomic E-state index is 12.3. The highest BCUT2D eigenvalue weighted by atomic mass is 16.5. The van der Waals surface area contributed by atoms with Gasteiger partial charge in [-0.15, -0.1) is 0 Å². The van der Waals surface area contributed by atoms with Gasteiger partial charge in [-0.1, -0.05) is 27.7 Å². The van der Waals surface area contributed by atoms with Gasteiger partial charge in [0.15, 0.2) is 0 Å². The number of hydrogen-bond donors (Lipinski definition) is 0. The fraction of sp³-hybridized carbons (Fsp3) is 0.938. The Bertz CT molecular complexity index is 278. The summed E-state index contributed by atoms with van der Waals surface area (Å²) in [7, 11) is 1.74. The second-order valence-corrected chi connectivity index (χ2v) is 6.74. The quantitative estimate of drug-likeness (QED) is 0.712. The smallest absolute Gasteiger partial charge is 0.137 e. The van der Waals surface area contributed by atoms with Crippen molar-refractivity contribution in [2.45, 2.75) is 40.5 Å². The summed E-state index contributed by atoms with van der Waals surface area (Å²) in [5.41, 5.74) is 0. The fourth-order valence-corrected chi connectivity index (χ4v) is 3.25. The summed E-state index contributed by atoms with van der Waals surface area (Å²) >= 11 is 0. The van der Waals surface area contributed by atoms with Gasteiger partial charge in [-0.05, 0) is 24.2 Å². The molecule has 3 atom stereocenters. The van der Waals surface area contributed by atoms with E-state index in [1.807, 2.05) is 0 Å². The standard InChI is InChI=1S/C16H31NO2/c1-12(2)10-17(6-7-19-5)11-15-14(4)8-13(3)9-16(15)18/h12-15H,6-11H2,1-5H3. The number of methoxy groups -OCH3 is 1. The van der Waals surface area contributed by atoms with E-state index in [-0.39, 0.29) is 5.92 Å². The lowest BCUT2D eigenvalue weighted by Gasteiger charge is -2.35. The van der Waals surface area contributed by atoms with Gasteiger partial charge >= 0.3 is 0 Å². The van der Waals surface area contributed by atoms with Crippen LogP contribution >= 0.6 is 0 Å². The molecule has 0 heterocycles. The molecule has 3 nitrogen and oxygen atoms in total. The summed E-state index contributed by atoms with van der Waals surface area (Å²) < 4.78 is 5.19. The first-order valence-electron chi connectivity index (χ1n) is 7.68. The van der Waals surface area contributed by atoms with Gasteiger partial charge in [0, 0.05) is 39.1 Å². The van der Waals surface area contributed by atoms with Crippen LogP contribution < -0.4 is 0 Å². The molecular formula is C16H31NO2. The Labute approximate surface area is 118 Å². The van der Waals surface area contributed by atoms with Crippen LogP contribution in [-0.2, 0) is 9.53 Å². The zero-order valence-electron chi connectivity index (χ0n) is 13.3. The second kappa shape index (κ2) is 8.01. The lowest BCUT2D eigenvalue weighted by Crippen LogP contribution is -2.42. The monoisotopic (exact) mass is 269 g/mol. The van der Waals surface area contributed by atoms with Gasteiger partial charge in [0.05, 0.1) is 6.61 Å². The summed E-state index contributed by atoms with van der Waals surface area (Å²) in [5, 5.41) is 0. The molecule has 0 spiro atoms. The van der Waals surface area contributed by atoms with E-state index in [1.165, 1.54) is 6.42 Å². The predicted molar refractivity (Wildman–Crippen MR) is 79.2 cm³/mol. The van der Waals surface area contributed by atoms with Crippen molar-refractivity contribution in [2.75, 3.05) is 33.4 Å². The SMILES string of the molecule is COCCN(CC(C)C)CC1C(=O)CC(C)CC1C. The van der Waals surface area contributed by atoms with Crippen LogP contribution in [0.15, 0.2) is 0 Å². The first-order valence-corrected chi connectivity index (χ1v) is 7.68. The molecule has 0 amide bonds. The van der Waals surface area contributed by atoms with Crippen LogP contribution in [0.25, 0.3) is 0 Å². The van der Waals surface area contributed by atoms with E-state index in [1.54, 1.807) is 7.11 Å². The van der Waals surface area contributed by atoms with Crippen LogP contribution in [0.5, 0.6) is 0 Å². The van der Waals surface area contributed by atoms with E-state index in [0.717, 1.165) is 32.7 Å². The Kier molecular flexibility index (Phi) is 7.01. The number of rotatable bonds is 7. The molecule has 3 heteroatoms. The van der Waals surface area contributed by atoms with Gasteiger partial charge in [0.2, 0.25) is 0 Å². The van der Waals surface area contributed by atoms with Gasteiger partial charge in [-0.2, -0.15) is 0 Å². The number of carbonyl (C=O) groups is 1. The number of nitrogens with zero attached hydrogens (tertiary/aromatic N) is 1. The van der Waals surface area contributed by atoms with Crippen LogP contribution in [0.3, 0.4) is 0 Å². The molecule has 1 fully saturated rings. The maximum atomic E-state index is 12.3. The van der Waals surface area contributed by atoms with E-state index in [4.69, 9.17) is 4.74 Å². The maximum Gasteiger partial charge on any atom is 0.137 e. The van der Waals surface area contributed by atoms with Crippen LogP contribution in [-0.4, -0.2) is 44.0 Å². The van der Waals surface area contributed by atoms with E-state index in [2.05, 4.69) is 32.6 Å². The average Bonchev–Trinajstić information content (AvgIpc) is 2.29. The molecule has 1 aliphatic rings. The fourth-order valence-electron chi connectivity index (χ4n) is 3.25. The highest BCUT2D eigenvalue weighted by Gasteiger charge is 2.33. The largest absolute Gasteiger partial charge is 0.383 e. The Morgan fingerprint density at radius 1 is 1.37 bits per heavy atom. The van der Waals surface area contributed by atoms with Gasteiger partial charge < -0.3 is 9.64 Å². The second-order valence-electron chi connectivity index (χ2n) is 6.74. The van der Waals surface area contributed by atoms with Crippen molar-refractivity contribution in [1.29, 1.82) is 0 Å². The number of ketones is 1. The number of ether oxygens (including phenoxy) is 1. The van der Waals surface area contributed by atoms with Crippen molar-refractivity contribution in [2.24, 2.45) is 23.7 Å². The van der Waals surface area contributed by atoms with E-state index in [0.29, 0.717) is 23.5 Å². The number of carbonyl (C=O) groups excluding carboxylic acids is 1. The average molecular weight is 269 g/mol. The van der Waals surface area contributed by atoms with Crippen LogP contribution in [0, 0.1) is 23.7 Å². The Morgan fingerprint density at radius 2 is 2.05 bits per heavy atom. The predicted octanol–water partition coefficient (Wildman–Crippen LogP) is 2.84. The molecule has 3 unspecified atom stereocenters. The first kappa shape index (κ1) is 16.6. The number of hydrogen-bond acceptors (Lipinski definition) is 3. The number of Topliss-reactive ketones (excluding diaryl/α,β-unsaturated/α-hetero) is 1. The molecule has 19 heavy (non-hydrogen) atoms. The molecule has 112 valence electrons. The highest BCUT2D eigenvalue weighted by Crippen LogP contribution is 2.31. The summed E-state index contributed by atoms with van der Waals surface area (Å²) in [6, 6.07) is 0. The van der Waals surface area contributed by atoms with Crippen molar-refractivity contribution in [3.8, 4) is 0 Å². The molecule has 0 aromatic rings. The zero-order valence-corrected chi connectivity index (χ0v) is 13.3. The minimum Gasteiger partial charge on any atom is -0.383 e. The molecule has 0 bridgehead atoms. The molecular weight excluding hydrogens is 238 g/mol. The van der Waals surface area contributed by atoms with Gasteiger partial charge in [-0.3, -0.25) is 4.79 Å². The third kappa shape index (κ3) is 5.62. The van der Waals surface area contributed by atoms with Gasteiger partial charge in [-0.25, -0.2) is 0 Å². The lowest BCUT2D eigenvalue weighted by atomic mass is 9.74. The summed E-state index contributed by atoms with van der Waals surface area (Å²) in [5.74, 6) is 2.42. The summed E-state index contributed by atoms with van der Waals surface area (Å²) in [6.45, 7) is 12.5. The first-order chi connectivity index (χ1) is 8.93. The molecule has 0 N–H and O–H groups in total. The van der Waals surface area contributed by atoms with Crippen LogP contribution in [0.2, 0.25) is 0 Å². The normalized spacial score (nSPS) is 28.4.